The first-order valence-corrected chi connectivity index (χ1v) is 6.01. The maximum atomic E-state index is 5.68. The first-order chi connectivity index (χ1) is 7.55. The number of hydrogen-bond acceptors (Lipinski definition) is 4. The van der Waals surface area contributed by atoms with E-state index in [1.54, 1.807) is 12.4 Å². The summed E-state index contributed by atoms with van der Waals surface area (Å²) >= 11 is 3.38. The minimum absolute atomic E-state index is 0.0916. The normalized spacial score (nSPS) is 23.3. The average Bonchev–Trinajstić information content (AvgIpc) is 2.56. The first-order valence-electron chi connectivity index (χ1n) is 5.21. The molecule has 0 amide bonds. The predicted octanol–water partition coefficient (Wildman–Crippen LogP) is 2.41. The summed E-state index contributed by atoms with van der Waals surface area (Å²) < 4.78 is 12.1. The molecule has 1 atom stereocenters. The number of halogens is 1. The molecule has 0 radical (unpaired) electrons. The van der Waals surface area contributed by atoms with Gasteiger partial charge in [0, 0.05) is 17.2 Å². The van der Waals surface area contributed by atoms with Crippen LogP contribution in [0, 0.1) is 0 Å². The maximum Gasteiger partial charge on any atom is 0.163 e. The Kier molecular flexibility index (Phi) is 3.47. The van der Waals surface area contributed by atoms with Crippen LogP contribution in [0.3, 0.4) is 0 Å². The molecule has 1 aliphatic rings. The lowest BCUT2D eigenvalue weighted by Gasteiger charge is -2.17. The van der Waals surface area contributed by atoms with Crippen LogP contribution in [0.25, 0.3) is 0 Å². The Morgan fingerprint density at radius 1 is 1.56 bits per heavy atom. The predicted molar refractivity (Wildman–Crippen MR) is 65.3 cm³/mol. The number of nitrogens with zero attached hydrogens (tertiary/aromatic N) is 1. The van der Waals surface area contributed by atoms with Gasteiger partial charge in [-0.15, -0.1) is 0 Å². The van der Waals surface area contributed by atoms with Crippen LogP contribution in [0.1, 0.15) is 13.8 Å². The SMILES string of the molecule is CC1(C)OCC(CNc2cncc(Br)c2)O1. The molecule has 1 saturated heterocycles. The lowest BCUT2D eigenvalue weighted by molar-refractivity contribution is -0.136. The second-order valence-electron chi connectivity index (χ2n) is 4.22. The number of rotatable bonds is 3. The Labute approximate surface area is 103 Å². The van der Waals surface area contributed by atoms with E-state index in [2.05, 4.69) is 26.2 Å². The van der Waals surface area contributed by atoms with E-state index in [0.717, 1.165) is 16.7 Å². The topological polar surface area (TPSA) is 43.4 Å². The monoisotopic (exact) mass is 286 g/mol. The number of aromatic nitrogens is 1. The van der Waals surface area contributed by atoms with E-state index in [9.17, 15) is 0 Å². The highest BCUT2D eigenvalue weighted by atomic mass is 79.9. The summed E-state index contributed by atoms with van der Waals surface area (Å²) in [7, 11) is 0. The maximum absolute atomic E-state index is 5.68. The molecule has 1 aliphatic heterocycles. The van der Waals surface area contributed by atoms with Gasteiger partial charge in [-0.2, -0.15) is 0 Å². The van der Waals surface area contributed by atoms with E-state index < -0.39 is 5.79 Å². The molecule has 1 aromatic heterocycles. The molecule has 0 aromatic carbocycles. The van der Waals surface area contributed by atoms with E-state index in [1.807, 2.05) is 19.9 Å². The van der Waals surface area contributed by atoms with Crippen molar-refractivity contribution in [1.29, 1.82) is 0 Å². The standard InChI is InChI=1S/C11H15BrN2O2/c1-11(2)15-7-10(16-11)6-14-9-3-8(12)4-13-5-9/h3-5,10,14H,6-7H2,1-2H3. The van der Waals surface area contributed by atoms with Crippen molar-refractivity contribution >= 4 is 21.6 Å². The van der Waals surface area contributed by atoms with Gasteiger partial charge in [0.25, 0.3) is 0 Å². The summed E-state index contributed by atoms with van der Waals surface area (Å²) in [6.45, 7) is 5.20. The van der Waals surface area contributed by atoms with Gasteiger partial charge in [-0.3, -0.25) is 4.98 Å². The van der Waals surface area contributed by atoms with Gasteiger partial charge in [0.1, 0.15) is 6.10 Å². The van der Waals surface area contributed by atoms with Gasteiger partial charge >= 0.3 is 0 Å². The molecule has 1 unspecified atom stereocenters. The van der Waals surface area contributed by atoms with Crippen molar-refractivity contribution < 1.29 is 9.47 Å². The molecule has 5 heteroatoms. The fourth-order valence-electron chi connectivity index (χ4n) is 1.60. The highest BCUT2D eigenvalue weighted by molar-refractivity contribution is 9.10. The zero-order valence-electron chi connectivity index (χ0n) is 9.37. The lowest BCUT2D eigenvalue weighted by Crippen LogP contribution is -2.26. The molecule has 0 saturated carbocycles. The molecule has 88 valence electrons. The molecule has 4 nitrogen and oxygen atoms in total. The largest absolute Gasteiger partial charge is 0.381 e. The third kappa shape index (κ3) is 3.17. The quantitative estimate of drug-likeness (QED) is 0.927. The summed E-state index contributed by atoms with van der Waals surface area (Å²) in [5.41, 5.74) is 0.975. The molecule has 0 bridgehead atoms. The average molecular weight is 287 g/mol. The van der Waals surface area contributed by atoms with Gasteiger partial charge in [0.15, 0.2) is 5.79 Å². The van der Waals surface area contributed by atoms with Crippen molar-refractivity contribution in [3.05, 3.63) is 22.9 Å². The molecule has 2 heterocycles. The zero-order valence-corrected chi connectivity index (χ0v) is 11.0. The van der Waals surface area contributed by atoms with Gasteiger partial charge in [-0.1, -0.05) is 0 Å². The van der Waals surface area contributed by atoms with E-state index >= 15 is 0 Å². The second kappa shape index (κ2) is 4.69. The van der Waals surface area contributed by atoms with E-state index in [4.69, 9.17) is 9.47 Å². The van der Waals surface area contributed by atoms with Crippen LogP contribution in [0.5, 0.6) is 0 Å². The smallest absolute Gasteiger partial charge is 0.163 e. The molecule has 1 N–H and O–H groups in total. The molecule has 0 aliphatic carbocycles. The van der Waals surface area contributed by atoms with E-state index in [1.165, 1.54) is 0 Å². The third-order valence-corrected chi connectivity index (χ3v) is 2.74. The minimum Gasteiger partial charge on any atom is -0.381 e. The number of anilines is 1. The first kappa shape index (κ1) is 11.8. The van der Waals surface area contributed by atoms with Crippen LogP contribution in [-0.4, -0.2) is 30.0 Å². The van der Waals surface area contributed by atoms with Gasteiger partial charge in [-0.05, 0) is 35.8 Å². The summed E-state index contributed by atoms with van der Waals surface area (Å²) in [6.07, 6.45) is 3.63. The molecule has 1 aromatic rings. The van der Waals surface area contributed by atoms with Crippen LogP contribution >= 0.6 is 15.9 Å². The molecular formula is C11H15BrN2O2. The van der Waals surface area contributed by atoms with Crippen molar-refractivity contribution in [2.24, 2.45) is 0 Å². The molecular weight excluding hydrogens is 272 g/mol. The van der Waals surface area contributed by atoms with Crippen molar-refractivity contribution in [3.8, 4) is 0 Å². The minimum atomic E-state index is -0.456. The van der Waals surface area contributed by atoms with Crippen LogP contribution in [0.15, 0.2) is 22.9 Å². The summed E-state index contributed by atoms with van der Waals surface area (Å²) in [5, 5.41) is 3.27. The van der Waals surface area contributed by atoms with Crippen molar-refractivity contribution in [2.45, 2.75) is 25.7 Å². The second-order valence-corrected chi connectivity index (χ2v) is 5.14. The van der Waals surface area contributed by atoms with Gasteiger partial charge in [-0.25, -0.2) is 0 Å². The number of pyridine rings is 1. The van der Waals surface area contributed by atoms with Gasteiger partial charge < -0.3 is 14.8 Å². The van der Waals surface area contributed by atoms with Crippen molar-refractivity contribution in [3.63, 3.8) is 0 Å². The summed E-state index contributed by atoms with van der Waals surface area (Å²) in [5.74, 6) is -0.456. The van der Waals surface area contributed by atoms with Crippen LogP contribution in [0.2, 0.25) is 0 Å². The lowest BCUT2D eigenvalue weighted by atomic mass is 10.3. The van der Waals surface area contributed by atoms with Gasteiger partial charge in [0.2, 0.25) is 0 Å². The Morgan fingerprint density at radius 2 is 2.38 bits per heavy atom. The van der Waals surface area contributed by atoms with Crippen molar-refractivity contribution in [1.82, 2.24) is 4.98 Å². The van der Waals surface area contributed by atoms with Crippen LogP contribution < -0.4 is 5.32 Å². The number of nitrogens with one attached hydrogen (secondary N) is 1. The van der Waals surface area contributed by atoms with E-state index in [-0.39, 0.29) is 6.10 Å². The zero-order chi connectivity index (χ0) is 11.6. The Balaban J connectivity index is 1.84. The summed E-state index contributed by atoms with van der Waals surface area (Å²) in [6, 6.07) is 1.98. The van der Waals surface area contributed by atoms with E-state index in [0.29, 0.717) is 6.61 Å². The highest BCUT2D eigenvalue weighted by Gasteiger charge is 2.32. The Bertz CT molecular complexity index is 371. The molecule has 1 fully saturated rings. The molecule has 2 rings (SSSR count). The third-order valence-electron chi connectivity index (χ3n) is 2.31. The van der Waals surface area contributed by atoms with Crippen molar-refractivity contribution in [2.75, 3.05) is 18.5 Å². The fraction of sp³-hybridized carbons (Fsp3) is 0.545. The molecule has 0 spiro atoms. The fourth-order valence-corrected chi connectivity index (χ4v) is 1.97. The van der Waals surface area contributed by atoms with Crippen LogP contribution in [0.4, 0.5) is 5.69 Å². The number of ether oxygens (including phenoxy) is 2. The summed E-state index contributed by atoms with van der Waals surface area (Å²) in [4.78, 5) is 4.08. The highest BCUT2D eigenvalue weighted by Crippen LogP contribution is 2.22. The molecule has 16 heavy (non-hydrogen) atoms. The van der Waals surface area contributed by atoms with Crippen LogP contribution in [-0.2, 0) is 9.47 Å². The Hall–Kier alpha value is -0.650. The Morgan fingerprint density at radius 3 is 3.00 bits per heavy atom. The van der Waals surface area contributed by atoms with Gasteiger partial charge in [0.05, 0.1) is 18.5 Å². The number of hydrogen-bond donors (Lipinski definition) is 1.